The second-order valence-corrected chi connectivity index (χ2v) is 10.7. The zero-order valence-electron chi connectivity index (χ0n) is 26.7. The van der Waals surface area contributed by atoms with E-state index in [0.29, 0.717) is 56.9 Å². The summed E-state index contributed by atoms with van der Waals surface area (Å²) >= 11 is 6.12. The first-order valence-corrected chi connectivity index (χ1v) is 15.6. The number of para-hydroxylation sites is 1. The zero-order chi connectivity index (χ0) is 33.6. The van der Waals surface area contributed by atoms with E-state index in [0.717, 1.165) is 40.7 Å². The molecule has 12 nitrogen and oxygen atoms in total. The number of rotatable bonds is 13. The highest BCUT2D eigenvalue weighted by Gasteiger charge is 2.22. The number of phenols is 1. The maximum atomic E-state index is 12.1. The minimum atomic E-state index is -0.346. The van der Waals surface area contributed by atoms with Gasteiger partial charge in [-0.15, -0.1) is 10.2 Å². The summed E-state index contributed by atoms with van der Waals surface area (Å²) in [7, 11) is 0. The quantitative estimate of drug-likeness (QED) is 0.180. The second kappa shape index (κ2) is 17.8. The Balaban J connectivity index is 0.000000762. The van der Waals surface area contributed by atoms with Gasteiger partial charge < -0.3 is 30.0 Å². The third-order valence-corrected chi connectivity index (χ3v) is 7.08. The highest BCUT2D eigenvalue weighted by Crippen LogP contribution is 2.29. The van der Waals surface area contributed by atoms with Gasteiger partial charge in [0.25, 0.3) is 5.91 Å². The van der Waals surface area contributed by atoms with Gasteiger partial charge in [0.2, 0.25) is 5.91 Å². The molecule has 0 saturated carbocycles. The highest BCUT2D eigenvalue weighted by atomic mass is 35.5. The van der Waals surface area contributed by atoms with Crippen molar-refractivity contribution < 1.29 is 28.9 Å². The summed E-state index contributed by atoms with van der Waals surface area (Å²) in [5.41, 5.74) is 3.86. The second-order valence-electron chi connectivity index (χ2n) is 10.3. The smallest absolute Gasteiger partial charge is 0.255 e. The lowest BCUT2D eigenvalue weighted by Gasteiger charge is -2.15. The van der Waals surface area contributed by atoms with Crippen LogP contribution in [0, 0.1) is 6.92 Å². The van der Waals surface area contributed by atoms with Gasteiger partial charge in [0.05, 0.1) is 43.4 Å². The number of halogens is 1. The van der Waals surface area contributed by atoms with Crippen molar-refractivity contribution in [2.24, 2.45) is 4.99 Å². The van der Waals surface area contributed by atoms with Crippen LogP contribution in [-0.2, 0) is 20.8 Å². The Hall–Kier alpha value is -4.78. The summed E-state index contributed by atoms with van der Waals surface area (Å²) in [5.74, 6) is 1.90. The lowest BCUT2D eigenvalue weighted by Crippen LogP contribution is -2.27. The van der Waals surface area contributed by atoms with Gasteiger partial charge in [-0.05, 0) is 56.3 Å². The molecule has 1 aromatic heterocycles. The van der Waals surface area contributed by atoms with Gasteiger partial charge in [0, 0.05) is 36.2 Å². The van der Waals surface area contributed by atoms with Crippen molar-refractivity contribution in [1.29, 1.82) is 0 Å². The van der Waals surface area contributed by atoms with Crippen LogP contribution < -0.4 is 15.4 Å². The summed E-state index contributed by atoms with van der Waals surface area (Å²) in [5, 5.41) is 24.2. The average Bonchev–Trinajstić information content (AvgIpc) is 3.34. The minimum Gasteiger partial charge on any atom is -0.507 e. The molecule has 0 saturated heterocycles. The van der Waals surface area contributed by atoms with Crippen LogP contribution in [0.25, 0.3) is 5.69 Å². The van der Waals surface area contributed by atoms with Crippen LogP contribution in [0.1, 0.15) is 47.0 Å². The molecule has 0 fully saturated rings. The van der Waals surface area contributed by atoms with Crippen molar-refractivity contribution in [2.75, 3.05) is 46.1 Å². The van der Waals surface area contributed by atoms with Crippen LogP contribution >= 0.6 is 11.6 Å². The highest BCUT2D eigenvalue weighted by molar-refractivity contribution is 6.30. The van der Waals surface area contributed by atoms with E-state index in [4.69, 9.17) is 30.8 Å². The van der Waals surface area contributed by atoms with E-state index in [2.05, 4.69) is 20.8 Å². The molecule has 0 unspecified atom stereocenters. The Bertz CT molecular complexity index is 1670. The van der Waals surface area contributed by atoms with Crippen molar-refractivity contribution in [1.82, 2.24) is 25.4 Å². The molecular formula is C34H39ClN6O6. The number of amides is 2. The van der Waals surface area contributed by atoms with E-state index in [-0.39, 0.29) is 23.1 Å². The standard InChI is InChI=1S/C30H30ClN5O5.C4H9NO/c1-20-34-35-28-19-33-29(21-6-8-22(31)9-7-21)25-18-23(10-11-26(25)36(20)28)41-17-16-40-15-14-39-13-12-32-30(38)24-4-2-3-5-27(24)37;1-3-5-4(2)6/h2-11,18,37H,12-17,19H2,1H3,(H,32,38);3H2,1-2H3,(H,5,6). The third kappa shape index (κ3) is 10.1. The van der Waals surface area contributed by atoms with Crippen molar-refractivity contribution >= 4 is 29.1 Å². The van der Waals surface area contributed by atoms with Gasteiger partial charge in [-0.1, -0.05) is 35.9 Å². The normalized spacial score (nSPS) is 11.6. The minimum absolute atomic E-state index is 0.0394. The van der Waals surface area contributed by atoms with Crippen LogP contribution in [0.2, 0.25) is 5.02 Å². The summed E-state index contributed by atoms with van der Waals surface area (Å²) in [6.45, 7) is 8.63. The largest absolute Gasteiger partial charge is 0.507 e. The van der Waals surface area contributed by atoms with Gasteiger partial charge in [0.15, 0.2) is 5.82 Å². The molecule has 47 heavy (non-hydrogen) atoms. The molecule has 5 rings (SSSR count). The number of carbonyl (C=O) groups excluding carboxylic acids is 2. The van der Waals surface area contributed by atoms with E-state index < -0.39 is 0 Å². The van der Waals surface area contributed by atoms with Gasteiger partial charge in [-0.2, -0.15) is 0 Å². The Kier molecular flexibility index (Phi) is 13.3. The number of hydrogen-bond acceptors (Lipinski definition) is 9. The van der Waals surface area contributed by atoms with E-state index in [1.165, 1.54) is 13.0 Å². The fraction of sp³-hybridized carbons (Fsp3) is 0.324. The number of aliphatic imine (C=N–C) groups is 1. The van der Waals surface area contributed by atoms with Gasteiger partial charge in [0.1, 0.15) is 30.5 Å². The number of fused-ring (bicyclic) bond motifs is 3. The predicted molar refractivity (Wildman–Crippen MR) is 179 cm³/mol. The number of phenolic OH excluding ortho intramolecular Hbond substituents is 1. The van der Waals surface area contributed by atoms with Crippen molar-refractivity contribution in [3.05, 3.63) is 100 Å². The number of benzene rings is 3. The Morgan fingerprint density at radius 2 is 1.66 bits per heavy atom. The number of carbonyl (C=O) groups is 2. The molecule has 0 radical (unpaired) electrons. The summed E-state index contributed by atoms with van der Waals surface area (Å²) in [4.78, 5) is 26.9. The monoisotopic (exact) mass is 662 g/mol. The molecule has 4 aromatic rings. The number of nitrogens with zero attached hydrogens (tertiary/aromatic N) is 4. The summed E-state index contributed by atoms with van der Waals surface area (Å²) in [6.07, 6.45) is 0. The Morgan fingerprint density at radius 3 is 2.36 bits per heavy atom. The molecule has 2 heterocycles. The number of aryl methyl sites for hydroxylation is 1. The first kappa shape index (κ1) is 35.1. The molecule has 3 N–H and O–H groups in total. The fourth-order valence-corrected chi connectivity index (χ4v) is 4.81. The first-order valence-electron chi connectivity index (χ1n) is 15.2. The number of aromatic nitrogens is 3. The summed E-state index contributed by atoms with van der Waals surface area (Å²) in [6, 6.07) is 19.9. The molecule has 1 aliphatic heterocycles. The van der Waals surface area contributed by atoms with E-state index in [1.54, 1.807) is 18.2 Å². The molecule has 3 aromatic carbocycles. The Labute approximate surface area is 278 Å². The molecule has 0 aliphatic carbocycles. The van der Waals surface area contributed by atoms with E-state index >= 15 is 0 Å². The molecular weight excluding hydrogens is 624 g/mol. The number of ether oxygens (including phenoxy) is 3. The van der Waals surface area contributed by atoms with Gasteiger partial charge >= 0.3 is 0 Å². The SMILES string of the molecule is CCNC(C)=O.Cc1nnc2n1-c1ccc(OCCOCCOCCNC(=O)c3ccccc3O)cc1C(c1ccc(Cl)cc1)=NC2. The molecule has 0 spiro atoms. The number of hydrogen-bond donors (Lipinski definition) is 3. The Morgan fingerprint density at radius 1 is 0.936 bits per heavy atom. The number of aromatic hydroxyl groups is 1. The lowest BCUT2D eigenvalue weighted by atomic mass is 10.00. The van der Waals surface area contributed by atoms with Gasteiger partial charge in [-0.25, -0.2) is 0 Å². The molecule has 0 bridgehead atoms. The van der Waals surface area contributed by atoms with Crippen LogP contribution in [0.15, 0.2) is 71.7 Å². The molecule has 248 valence electrons. The maximum absolute atomic E-state index is 12.1. The van der Waals surface area contributed by atoms with Crippen molar-refractivity contribution in [3.63, 3.8) is 0 Å². The van der Waals surface area contributed by atoms with Crippen LogP contribution in [0.5, 0.6) is 11.5 Å². The van der Waals surface area contributed by atoms with Crippen LogP contribution in [-0.4, -0.2) is 83.5 Å². The topological polar surface area (TPSA) is 149 Å². The van der Waals surface area contributed by atoms with E-state index in [9.17, 15) is 14.7 Å². The predicted octanol–water partition coefficient (Wildman–Crippen LogP) is 4.27. The van der Waals surface area contributed by atoms with Gasteiger partial charge in [-0.3, -0.25) is 19.1 Å². The molecule has 1 aliphatic rings. The van der Waals surface area contributed by atoms with Crippen molar-refractivity contribution in [2.45, 2.75) is 27.3 Å². The first-order chi connectivity index (χ1) is 22.8. The van der Waals surface area contributed by atoms with Crippen LogP contribution in [0.4, 0.5) is 0 Å². The van der Waals surface area contributed by atoms with Crippen molar-refractivity contribution in [3.8, 4) is 17.2 Å². The zero-order valence-corrected chi connectivity index (χ0v) is 27.4. The molecule has 13 heteroatoms. The van der Waals surface area contributed by atoms with Crippen LogP contribution in [0.3, 0.4) is 0 Å². The maximum Gasteiger partial charge on any atom is 0.255 e. The third-order valence-electron chi connectivity index (χ3n) is 6.83. The lowest BCUT2D eigenvalue weighted by molar-refractivity contribution is -0.118. The number of nitrogens with one attached hydrogen (secondary N) is 2. The molecule has 0 atom stereocenters. The fourth-order valence-electron chi connectivity index (χ4n) is 4.69. The average molecular weight is 663 g/mol. The molecule has 2 amide bonds. The van der Waals surface area contributed by atoms with E-state index in [1.807, 2.05) is 60.9 Å². The summed E-state index contributed by atoms with van der Waals surface area (Å²) < 4.78 is 19.1.